The number of imidazole rings is 1. The lowest BCUT2D eigenvalue weighted by molar-refractivity contribution is 0.428. The van der Waals surface area contributed by atoms with E-state index in [1.165, 1.54) is 0 Å². The molecule has 1 heterocycles. The fraction of sp³-hybridized carbons (Fsp3) is 0.467. The topological polar surface area (TPSA) is 41.6 Å². The van der Waals surface area contributed by atoms with Crippen LogP contribution in [0.5, 0.6) is 0 Å². The van der Waals surface area contributed by atoms with Crippen LogP contribution < -0.4 is 0 Å². The van der Waals surface area contributed by atoms with Crippen molar-refractivity contribution in [1.82, 2.24) is 9.55 Å². The number of hydrogen-bond donors (Lipinski definition) is 0. The molecule has 0 aliphatic rings. The third-order valence-electron chi connectivity index (χ3n) is 3.26. The van der Waals surface area contributed by atoms with Crippen molar-refractivity contribution >= 4 is 22.6 Å². The van der Waals surface area contributed by atoms with Crippen molar-refractivity contribution in [3.63, 3.8) is 0 Å². The summed E-state index contributed by atoms with van der Waals surface area (Å²) in [5.74, 6) is 1.87. The molecule has 1 aromatic heterocycles. The first-order valence-electron chi connectivity index (χ1n) is 6.53. The van der Waals surface area contributed by atoms with Gasteiger partial charge in [-0.05, 0) is 37.5 Å². The molecule has 0 radical (unpaired) electrons. The molecule has 0 aliphatic heterocycles. The summed E-state index contributed by atoms with van der Waals surface area (Å²) in [4.78, 5) is 4.56. The Bertz CT molecular complexity index is 622. The second-order valence-corrected chi connectivity index (χ2v) is 5.59. The minimum absolute atomic E-state index is 0.327. The average molecular weight is 276 g/mol. The summed E-state index contributed by atoms with van der Waals surface area (Å²) < 4.78 is 2.17. The lowest BCUT2D eigenvalue weighted by Crippen LogP contribution is -2.11. The van der Waals surface area contributed by atoms with Gasteiger partial charge in [0.2, 0.25) is 0 Å². The molecule has 0 bridgehead atoms. The van der Waals surface area contributed by atoms with Crippen molar-refractivity contribution in [2.75, 3.05) is 0 Å². The lowest BCUT2D eigenvalue weighted by atomic mass is 10.0. The van der Waals surface area contributed by atoms with Crippen molar-refractivity contribution in [3.8, 4) is 6.07 Å². The predicted molar refractivity (Wildman–Crippen MR) is 78.2 cm³/mol. The van der Waals surface area contributed by atoms with Gasteiger partial charge in [-0.15, -0.1) is 11.6 Å². The quantitative estimate of drug-likeness (QED) is 0.783. The Morgan fingerprint density at radius 2 is 2.11 bits per heavy atom. The first-order chi connectivity index (χ1) is 9.06. The van der Waals surface area contributed by atoms with Crippen LogP contribution in [0, 0.1) is 17.2 Å². The third-order valence-corrected chi connectivity index (χ3v) is 3.50. The second kappa shape index (κ2) is 5.63. The van der Waals surface area contributed by atoms with E-state index in [4.69, 9.17) is 16.9 Å². The van der Waals surface area contributed by atoms with Gasteiger partial charge in [-0.3, -0.25) is 0 Å². The van der Waals surface area contributed by atoms with E-state index in [9.17, 15) is 0 Å². The molecule has 1 unspecified atom stereocenters. The monoisotopic (exact) mass is 275 g/mol. The zero-order chi connectivity index (χ0) is 14.0. The minimum atomic E-state index is 0.327. The molecule has 0 fully saturated rings. The van der Waals surface area contributed by atoms with E-state index in [0.29, 0.717) is 23.4 Å². The highest BCUT2D eigenvalue weighted by Gasteiger charge is 2.16. The number of rotatable bonds is 4. The summed E-state index contributed by atoms with van der Waals surface area (Å²) in [6, 6.07) is 8.09. The summed E-state index contributed by atoms with van der Waals surface area (Å²) in [7, 11) is 0. The molecule has 2 aromatic rings. The van der Waals surface area contributed by atoms with E-state index in [0.717, 1.165) is 23.3 Å². The van der Waals surface area contributed by atoms with Crippen LogP contribution in [0.25, 0.3) is 11.0 Å². The van der Waals surface area contributed by atoms with E-state index in [2.05, 4.69) is 36.4 Å². The van der Waals surface area contributed by atoms with Gasteiger partial charge in [-0.2, -0.15) is 5.26 Å². The highest BCUT2D eigenvalue weighted by molar-refractivity contribution is 6.16. The second-order valence-electron chi connectivity index (χ2n) is 5.33. The van der Waals surface area contributed by atoms with Crippen LogP contribution in [0.15, 0.2) is 18.2 Å². The van der Waals surface area contributed by atoms with Crippen LogP contribution in [0.2, 0.25) is 0 Å². The number of aromatic nitrogens is 2. The van der Waals surface area contributed by atoms with Crippen molar-refractivity contribution < 1.29 is 0 Å². The van der Waals surface area contributed by atoms with Gasteiger partial charge in [0.25, 0.3) is 0 Å². The Morgan fingerprint density at radius 1 is 1.37 bits per heavy atom. The Morgan fingerprint density at radius 3 is 2.68 bits per heavy atom. The Kier molecular flexibility index (Phi) is 4.11. The first-order valence-corrected chi connectivity index (χ1v) is 7.07. The number of alkyl halides is 1. The van der Waals surface area contributed by atoms with Crippen LogP contribution in [-0.4, -0.2) is 9.55 Å². The lowest BCUT2D eigenvalue weighted by Gasteiger charge is -2.19. The summed E-state index contributed by atoms with van der Waals surface area (Å²) in [6.45, 7) is 6.59. The van der Waals surface area contributed by atoms with Crippen molar-refractivity contribution in [3.05, 3.63) is 29.6 Å². The SMILES string of the molecule is CC(C)CC(C)n1c(CCl)nc2ccc(C#N)cc21. The molecule has 3 nitrogen and oxygen atoms in total. The molecular weight excluding hydrogens is 258 g/mol. The van der Waals surface area contributed by atoms with Crippen LogP contribution in [-0.2, 0) is 5.88 Å². The molecule has 100 valence electrons. The van der Waals surface area contributed by atoms with Gasteiger partial charge >= 0.3 is 0 Å². The Hall–Kier alpha value is -1.53. The van der Waals surface area contributed by atoms with Gasteiger partial charge < -0.3 is 4.57 Å². The predicted octanol–water partition coefficient (Wildman–Crippen LogP) is 4.25. The summed E-state index contributed by atoms with van der Waals surface area (Å²) in [6.07, 6.45) is 1.06. The number of halogens is 1. The molecule has 0 saturated carbocycles. The average Bonchev–Trinajstić information content (AvgIpc) is 2.74. The number of hydrogen-bond acceptors (Lipinski definition) is 2. The highest BCUT2D eigenvalue weighted by atomic mass is 35.5. The molecule has 0 saturated heterocycles. The van der Waals surface area contributed by atoms with Gasteiger partial charge in [-0.25, -0.2) is 4.98 Å². The summed E-state index contributed by atoms with van der Waals surface area (Å²) in [5.41, 5.74) is 2.57. The molecule has 0 aliphatic carbocycles. The Balaban J connectivity index is 2.58. The van der Waals surface area contributed by atoms with Gasteiger partial charge in [0, 0.05) is 6.04 Å². The molecule has 1 atom stereocenters. The van der Waals surface area contributed by atoms with Gasteiger partial charge in [-0.1, -0.05) is 13.8 Å². The maximum atomic E-state index is 9.03. The third kappa shape index (κ3) is 2.74. The van der Waals surface area contributed by atoms with Crippen LogP contribution in [0.1, 0.15) is 44.6 Å². The van der Waals surface area contributed by atoms with E-state index in [-0.39, 0.29) is 0 Å². The standard InChI is InChI=1S/C15H18ClN3/c1-10(2)6-11(3)19-14-7-12(9-17)4-5-13(14)18-15(19)8-16/h4-5,7,10-11H,6,8H2,1-3H3. The number of benzene rings is 1. The number of nitriles is 1. The van der Waals surface area contributed by atoms with E-state index in [1.54, 1.807) is 6.07 Å². The van der Waals surface area contributed by atoms with Crippen molar-refractivity contribution in [2.24, 2.45) is 5.92 Å². The van der Waals surface area contributed by atoms with Crippen LogP contribution >= 0.6 is 11.6 Å². The molecule has 0 N–H and O–H groups in total. The van der Waals surface area contributed by atoms with E-state index < -0.39 is 0 Å². The normalized spacial score (nSPS) is 12.8. The molecular formula is C15H18ClN3. The van der Waals surface area contributed by atoms with Gasteiger partial charge in [0.05, 0.1) is 28.5 Å². The molecule has 0 spiro atoms. The minimum Gasteiger partial charge on any atom is -0.324 e. The smallest absolute Gasteiger partial charge is 0.125 e. The van der Waals surface area contributed by atoms with E-state index in [1.807, 2.05) is 12.1 Å². The number of fused-ring (bicyclic) bond motifs is 1. The number of nitrogens with zero attached hydrogens (tertiary/aromatic N) is 3. The maximum absolute atomic E-state index is 9.03. The molecule has 4 heteroatoms. The zero-order valence-electron chi connectivity index (χ0n) is 11.5. The molecule has 0 amide bonds. The van der Waals surface area contributed by atoms with Crippen molar-refractivity contribution in [2.45, 2.75) is 39.1 Å². The van der Waals surface area contributed by atoms with Crippen LogP contribution in [0.4, 0.5) is 0 Å². The zero-order valence-corrected chi connectivity index (χ0v) is 12.3. The van der Waals surface area contributed by atoms with E-state index >= 15 is 0 Å². The molecule has 19 heavy (non-hydrogen) atoms. The molecule has 2 rings (SSSR count). The van der Waals surface area contributed by atoms with Gasteiger partial charge in [0.1, 0.15) is 5.82 Å². The van der Waals surface area contributed by atoms with Crippen molar-refractivity contribution in [1.29, 1.82) is 5.26 Å². The molecule has 1 aromatic carbocycles. The maximum Gasteiger partial charge on any atom is 0.125 e. The first kappa shape index (κ1) is 13.9. The fourth-order valence-corrected chi connectivity index (χ4v) is 2.77. The largest absolute Gasteiger partial charge is 0.324 e. The fourth-order valence-electron chi connectivity index (χ4n) is 2.59. The van der Waals surface area contributed by atoms with Gasteiger partial charge in [0.15, 0.2) is 0 Å². The Labute approximate surface area is 118 Å². The summed E-state index contributed by atoms with van der Waals surface area (Å²) >= 11 is 6.01. The highest BCUT2D eigenvalue weighted by Crippen LogP contribution is 2.27. The summed E-state index contributed by atoms with van der Waals surface area (Å²) in [5, 5.41) is 9.03. The van der Waals surface area contributed by atoms with Crippen LogP contribution in [0.3, 0.4) is 0 Å².